The van der Waals surface area contributed by atoms with Crippen molar-refractivity contribution in [3.63, 3.8) is 0 Å². The molecule has 2 atom stereocenters. The van der Waals surface area contributed by atoms with Crippen LogP contribution < -0.4 is 30.9 Å². The fraction of sp³-hybridized carbons (Fsp3) is 0.523. The van der Waals surface area contributed by atoms with Crippen LogP contribution >= 0.6 is 11.8 Å². The largest absolute Gasteiger partial charge is 0.501 e. The SMILES string of the molecule is CC1(C)CCC(CN2CCN(c3ccc(C(=O)NS(=O)(=O)c4ccc(N[C@H](CCN5CCC(NCCCCNc6cccc7c6C(=O)N(C6CCC(=O)NC6=O)C7=O)CC5)CSc5ccccc5)c(S(=O)(=O)C(F)(F)F)c4)cc3)CC2)=C(C23CC(C)(C2)C3)C1. The lowest BCUT2D eigenvalue weighted by Gasteiger charge is -2.72. The number of unbranched alkanes of at least 4 members (excludes halogenated alkanes) is 1. The highest BCUT2D eigenvalue weighted by molar-refractivity contribution is 7.99. The van der Waals surface area contributed by atoms with Crippen molar-refractivity contribution >= 4 is 78.2 Å². The number of imide groups is 2. The highest BCUT2D eigenvalue weighted by Crippen LogP contribution is 2.77. The van der Waals surface area contributed by atoms with Crippen molar-refractivity contribution < 1.29 is 54.0 Å². The Balaban J connectivity index is 0.667. The summed E-state index contributed by atoms with van der Waals surface area (Å²) < 4.78 is 99.9. The standard InChI is InChI=1S/C65H80F3N9O9S3/c1-62(2)26-22-44(51(37-62)64-40-63(3,41-64)42-64)38-75-32-34-76(35-33-75)47-16-14-43(15-17-47)58(79)73-89(85,86)49-18-19-52(55(36-49)88(83,84)65(66,67)68)71-46(39-87-48-10-5-4-6-11-48)25-31-74-29-23-45(24-30-74)69-27-7-8-28-70-53-13-9-12-50-57(53)61(82)77(60(50)81)54-20-21-56(78)72-59(54)80/h4-6,9-19,36,45-46,54,69-71H,7-8,20-35,37-42H2,1-3H3,(H,73,79)(H,72,78,80)/t46-,54?,63?,64?/m1/s1. The van der Waals surface area contributed by atoms with Crippen LogP contribution in [0.25, 0.3) is 0 Å². The molecule has 0 spiro atoms. The van der Waals surface area contributed by atoms with Gasteiger partial charge in [0.1, 0.15) is 10.9 Å². The number of nitrogens with one attached hydrogen (secondary N) is 5. The number of nitrogens with zero attached hydrogens (tertiary/aromatic N) is 4. The number of rotatable bonds is 24. The predicted octanol–water partition coefficient (Wildman–Crippen LogP) is 9.23. The number of thioether (sulfide) groups is 1. The summed E-state index contributed by atoms with van der Waals surface area (Å²) in [4.78, 5) is 71.3. The number of piperazine rings is 1. The number of piperidine rings is 2. The fourth-order valence-corrected chi connectivity index (χ4v) is 17.6. The number of carbonyl (C=O) groups excluding carboxylic acids is 5. The molecule has 4 heterocycles. The summed E-state index contributed by atoms with van der Waals surface area (Å²) in [5.74, 6) is -2.95. The van der Waals surface area contributed by atoms with Crippen LogP contribution in [0.4, 0.5) is 30.2 Å². The Morgan fingerprint density at radius 1 is 0.775 bits per heavy atom. The van der Waals surface area contributed by atoms with E-state index in [4.69, 9.17) is 0 Å². The number of sulfonamides is 1. The number of fused-ring (bicyclic) bond motifs is 1. The molecule has 3 saturated heterocycles. The maximum Gasteiger partial charge on any atom is 0.501 e. The minimum Gasteiger partial charge on any atom is -0.384 e. The van der Waals surface area contributed by atoms with Gasteiger partial charge in [-0.1, -0.05) is 56.2 Å². The second kappa shape index (κ2) is 25.8. The molecule has 12 rings (SSSR count). The van der Waals surface area contributed by atoms with E-state index in [-0.39, 0.29) is 35.6 Å². The Morgan fingerprint density at radius 3 is 2.17 bits per heavy atom. The number of benzene rings is 4. The van der Waals surface area contributed by atoms with Gasteiger partial charge in [0.2, 0.25) is 11.8 Å². The summed E-state index contributed by atoms with van der Waals surface area (Å²) in [6, 6.07) is 21.9. The van der Waals surface area contributed by atoms with E-state index in [1.165, 1.54) is 56.0 Å². The molecule has 5 N–H and O–H groups in total. The molecule has 5 amide bonds. The Kier molecular flexibility index (Phi) is 18.6. The number of likely N-dealkylation sites (tertiary alicyclic amines) is 1. The first-order chi connectivity index (χ1) is 42.3. The second-order valence-corrected chi connectivity index (χ2v) is 31.2. The summed E-state index contributed by atoms with van der Waals surface area (Å²) >= 11 is 1.44. The molecule has 3 saturated carbocycles. The highest BCUT2D eigenvalue weighted by Gasteiger charge is 2.67. The van der Waals surface area contributed by atoms with Crippen molar-refractivity contribution in [1.29, 1.82) is 0 Å². The van der Waals surface area contributed by atoms with Gasteiger partial charge >= 0.3 is 5.51 Å². The first kappa shape index (κ1) is 64.2. The van der Waals surface area contributed by atoms with Crippen LogP contribution in [0.3, 0.4) is 0 Å². The van der Waals surface area contributed by atoms with Gasteiger partial charge in [-0.2, -0.15) is 13.2 Å². The maximum absolute atomic E-state index is 14.5. The molecule has 4 aliphatic carbocycles. The van der Waals surface area contributed by atoms with E-state index in [2.05, 4.69) is 56.7 Å². The molecule has 4 aromatic carbocycles. The van der Waals surface area contributed by atoms with Crippen LogP contribution in [0.2, 0.25) is 0 Å². The molecule has 0 radical (unpaired) electrons. The third-order valence-electron chi connectivity index (χ3n) is 19.2. The average Bonchev–Trinajstić information content (AvgIpc) is 1.29. The highest BCUT2D eigenvalue weighted by atomic mass is 32.2. The average molecular weight is 1280 g/mol. The van der Waals surface area contributed by atoms with E-state index in [0.29, 0.717) is 53.3 Å². The molecular weight excluding hydrogens is 1200 g/mol. The topological polar surface area (TPSA) is 227 Å². The van der Waals surface area contributed by atoms with Crippen molar-refractivity contribution in [2.75, 3.05) is 86.7 Å². The lowest BCUT2D eigenvalue weighted by Crippen LogP contribution is -2.61. The monoisotopic (exact) mass is 1280 g/mol. The molecule has 24 heteroatoms. The zero-order valence-electron chi connectivity index (χ0n) is 50.7. The van der Waals surface area contributed by atoms with Gasteiger partial charge in [-0.25, -0.2) is 21.6 Å². The molecule has 478 valence electrons. The van der Waals surface area contributed by atoms with Crippen molar-refractivity contribution in [3.05, 3.63) is 119 Å². The second-order valence-electron chi connectivity index (χ2n) is 26.5. The van der Waals surface area contributed by atoms with Crippen molar-refractivity contribution in [1.82, 2.24) is 30.1 Å². The molecule has 6 fully saturated rings. The summed E-state index contributed by atoms with van der Waals surface area (Å²) in [5.41, 5.74) is 0.242. The molecule has 4 aromatic rings. The van der Waals surface area contributed by atoms with Crippen LogP contribution in [0.15, 0.2) is 117 Å². The van der Waals surface area contributed by atoms with Gasteiger partial charge in [0.25, 0.3) is 37.6 Å². The van der Waals surface area contributed by atoms with E-state index < -0.39 is 82.5 Å². The van der Waals surface area contributed by atoms with E-state index in [9.17, 15) is 54.0 Å². The van der Waals surface area contributed by atoms with Crippen LogP contribution in [0.1, 0.15) is 135 Å². The zero-order valence-corrected chi connectivity index (χ0v) is 53.1. The van der Waals surface area contributed by atoms with E-state index >= 15 is 0 Å². The minimum atomic E-state index is -6.13. The van der Waals surface area contributed by atoms with E-state index in [1.54, 1.807) is 41.5 Å². The first-order valence-electron chi connectivity index (χ1n) is 31.1. The van der Waals surface area contributed by atoms with Crippen molar-refractivity contribution in [2.45, 2.75) is 143 Å². The number of hydrogen-bond donors (Lipinski definition) is 5. The number of alkyl halides is 3. The van der Waals surface area contributed by atoms with E-state index in [1.807, 2.05) is 35.1 Å². The Morgan fingerprint density at radius 2 is 1.48 bits per heavy atom. The Bertz CT molecular complexity index is 3610. The summed E-state index contributed by atoms with van der Waals surface area (Å²) in [7, 11) is -11.0. The smallest absolute Gasteiger partial charge is 0.384 e. The molecule has 89 heavy (non-hydrogen) atoms. The number of anilines is 3. The molecular formula is C65H80F3N9O9S3. The molecule has 2 bridgehead atoms. The van der Waals surface area contributed by atoms with Crippen LogP contribution in [0.5, 0.6) is 0 Å². The van der Waals surface area contributed by atoms with Gasteiger partial charge < -0.3 is 25.8 Å². The number of hydrogen-bond acceptors (Lipinski definition) is 16. The number of amides is 5. The van der Waals surface area contributed by atoms with E-state index in [0.717, 1.165) is 112 Å². The molecule has 4 aliphatic heterocycles. The van der Waals surface area contributed by atoms with Crippen LogP contribution in [-0.4, -0.2) is 156 Å². The Labute approximate surface area is 523 Å². The van der Waals surface area contributed by atoms with Gasteiger partial charge in [-0.05, 0) is 180 Å². The number of halogens is 3. The van der Waals surface area contributed by atoms with Crippen molar-refractivity contribution in [3.8, 4) is 0 Å². The number of sulfone groups is 1. The van der Waals surface area contributed by atoms with Crippen molar-refractivity contribution in [2.24, 2.45) is 16.2 Å². The Hall–Kier alpha value is -6.31. The fourth-order valence-electron chi connectivity index (χ4n) is 14.6. The number of carbonyl (C=O) groups is 5. The third-order valence-corrected chi connectivity index (χ3v) is 23.3. The number of allylic oxidation sites excluding steroid dienone is 1. The summed E-state index contributed by atoms with van der Waals surface area (Å²) in [6.45, 7) is 14.7. The molecule has 18 nitrogen and oxygen atoms in total. The van der Waals surface area contributed by atoms with Gasteiger partial charge in [-0.15, -0.1) is 11.8 Å². The first-order valence-corrected chi connectivity index (χ1v) is 35.0. The summed E-state index contributed by atoms with van der Waals surface area (Å²) in [5, 5.41) is 12.2. The molecule has 8 aliphatic rings. The summed E-state index contributed by atoms with van der Waals surface area (Å²) in [6.07, 6.45) is 11.2. The quantitative estimate of drug-likeness (QED) is 0.0191. The van der Waals surface area contributed by atoms with Crippen LogP contribution in [0, 0.1) is 16.2 Å². The minimum absolute atomic E-state index is 0.00187. The van der Waals surface area contributed by atoms with Gasteiger partial charge in [-0.3, -0.25) is 39.1 Å². The molecule has 1 unspecified atom stereocenters. The van der Waals surface area contributed by atoms with Gasteiger partial charge in [0.15, 0.2) is 0 Å². The predicted molar refractivity (Wildman–Crippen MR) is 336 cm³/mol. The normalized spacial score (nSPS) is 23.8. The third kappa shape index (κ3) is 14.1. The zero-order chi connectivity index (χ0) is 63.1. The van der Waals surface area contributed by atoms with Crippen LogP contribution in [-0.2, 0) is 29.4 Å². The lowest BCUT2D eigenvalue weighted by atomic mass is 9.33. The van der Waals surface area contributed by atoms with Gasteiger partial charge in [0.05, 0.1) is 21.7 Å². The molecule has 0 aromatic heterocycles. The van der Waals surface area contributed by atoms with Gasteiger partial charge in [0, 0.05) is 91.9 Å². The lowest BCUT2D eigenvalue weighted by molar-refractivity contribution is -0.167. The maximum atomic E-state index is 14.5.